The molecule has 0 spiro atoms. The minimum Gasteiger partial charge on any atom is -0.361 e. The van der Waals surface area contributed by atoms with Crippen molar-refractivity contribution in [3.63, 3.8) is 0 Å². The van der Waals surface area contributed by atoms with Crippen molar-refractivity contribution in [2.45, 2.75) is 38.6 Å². The number of aryl methyl sites for hydroxylation is 1. The van der Waals surface area contributed by atoms with E-state index < -0.39 is 0 Å². The predicted octanol–water partition coefficient (Wildman–Crippen LogP) is 4.31. The van der Waals surface area contributed by atoms with Crippen LogP contribution in [-0.2, 0) is 23.2 Å². The maximum atomic E-state index is 12.1. The zero-order valence-electron chi connectivity index (χ0n) is 16.7. The van der Waals surface area contributed by atoms with Crippen molar-refractivity contribution in [2.75, 3.05) is 5.32 Å². The van der Waals surface area contributed by atoms with Gasteiger partial charge in [0.05, 0.1) is 12.2 Å². The van der Waals surface area contributed by atoms with Crippen LogP contribution in [0.25, 0.3) is 10.9 Å². The summed E-state index contributed by atoms with van der Waals surface area (Å²) in [5.41, 5.74) is 3.91. The van der Waals surface area contributed by atoms with Crippen LogP contribution in [0.15, 0.2) is 67.0 Å². The Morgan fingerprint density at radius 1 is 1.10 bits per heavy atom. The molecule has 1 amide bonds. The Kier molecular flexibility index (Phi) is 5.16. The van der Waals surface area contributed by atoms with E-state index in [4.69, 9.17) is 0 Å². The lowest BCUT2D eigenvalue weighted by Crippen LogP contribution is -2.24. The number of aromatic amines is 1. The number of amides is 1. The number of nitrogens with one attached hydrogen (secondary N) is 2. The number of anilines is 1. The summed E-state index contributed by atoms with van der Waals surface area (Å²) >= 11 is 0. The van der Waals surface area contributed by atoms with Gasteiger partial charge < -0.3 is 10.3 Å². The van der Waals surface area contributed by atoms with Gasteiger partial charge in [0.1, 0.15) is 0 Å². The highest BCUT2D eigenvalue weighted by Gasteiger charge is 2.25. The van der Waals surface area contributed by atoms with Crippen LogP contribution in [0.2, 0.25) is 0 Å². The number of carbonyl (C=O) groups is 1. The van der Waals surface area contributed by atoms with Crippen LogP contribution in [0.1, 0.15) is 31.5 Å². The Labute approximate surface area is 169 Å². The minimum atomic E-state index is -0.116. The molecule has 0 fully saturated rings. The summed E-state index contributed by atoms with van der Waals surface area (Å²) in [5, 5.41) is 12.7. The van der Waals surface area contributed by atoms with Crippen molar-refractivity contribution in [2.24, 2.45) is 0 Å². The van der Waals surface area contributed by atoms with Gasteiger partial charge in [0.2, 0.25) is 5.91 Å². The highest BCUT2D eigenvalue weighted by atomic mass is 16.1. The second-order valence-electron chi connectivity index (χ2n) is 7.95. The Hall–Kier alpha value is -3.41. The summed E-state index contributed by atoms with van der Waals surface area (Å²) in [7, 11) is 0. The van der Waals surface area contributed by atoms with Gasteiger partial charge in [-0.2, -0.15) is 0 Å². The van der Waals surface area contributed by atoms with Gasteiger partial charge in [-0.15, -0.1) is 5.10 Å². The molecule has 0 atom stereocenters. The number of fused-ring (bicyclic) bond motifs is 1. The smallest absolute Gasteiger partial charge is 0.224 e. The Morgan fingerprint density at radius 2 is 1.86 bits per heavy atom. The topological polar surface area (TPSA) is 75.6 Å². The highest BCUT2D eigenvalue weighted by Crippen LogP contribution is 2.31. The summed E-state index contributed by atoms with van der Waals surface area (Å²) in [6.45, 7) is 5.12. The third-order valence-electron chi connectivity index (χ3n) is 5.13. The Bertz CT molecular complexity index is 1110. The molecule has 2 heterocycles. The molecule has 4 rings (SSSR count). The molecule has 0 saturated carbocycles. The van der Waals surface area contributed by atoms with Crippen LogP contribution < -0.4 is 5.32 Å². The largest absolute Gasteiger partial charge is 0.361 e. The summed E-state index contributed by atoms with van der Waals surface area (Å²) < 4.78 is 1.87. The van der Waals surface area contributed by atoms with Crippen molar-refractivity contribution in [1.82, 2.24) is 20.0 Å². The molecule has 0 aliphatic carbocycles. The first-order valence-electron chi connectivity index (χ1n) is 9.82. The fourth-order valence-corrected chi connectivity index (χ4v) is 3.64. The number of hydrogen-bond acceptors (Lipinski definition) is 3. The van der Waals surface area contributed by atoms with Crippen LogP contribution in [0.3, 0.4) is 0 Å². The van der Waals surface area contributed by atoms with E-state index in [2.05, 4.69) is 58.9 Å². The van der Waals surface area contributed by atoms with Crippen LogP contribution in [0, 0.1) is 0 Å². The molecule has 2 aromatic heterocycles. The van der Waals surface area contributed by atoms with E-state index in [-0.39, 0.29) is 11.3 Å². The Morgan fingerprint density at radius 3 is 2.69 bits per heavy atom. The van der Waals surface area contributed by atoms with E-state index in [1.54, 1.807) is 0 Å². The van der Waals surface area contributed by atoms with E-state index in [0.29, 0.717) is 19.4 Å². The number of benzene rings is 2. The third-order valence-corrected chi connectivity index (χ3v) is 5.13. The molecular weight excluding hydrogens is 362 g/mol. The van der Waals surface area contributed by atoms with E-state index in [1.807, 2.05) is 47.3 Å². The maximum absolute atomic E-state index is 12.1. The molecule has 2 N–H and O–H groups in total. The lowest BCUT2D eigenvalue weighted by molar-refractivity contribution is -0.116. The first-order valence-corrected chi connectivity index (χ1v) is 9.82. The highest BCUT2D eigenvalue weighted by molar-refractivity contribution is 5.90. The number of hydrogen-bond donors (Lipinski definition) is 2. The molecule has 0 radical (unpaired) electrons. The number of nitrogens with zero attached hydrogens (tertiary/aromatic N) is 3. The van der Waals surface area contributed by atoms with Gasteiger partial charge in [-0.1, -0.05) is 55.5 Å². The van der Waals surface area contributed by atoms with E-state index >= 15 is 0 Å². The van der Waals surface area contributed by atoms with Crippen LogP contribution in [0.4, 0.5) is 5.69 Å². The van der Waals surface area contributed by atoms with Gasteiger partial charge in [0, 0.05) is 47.2 Å². The molecule has 6 nitrogen and oxygen atoms in total. The quantitative estimate of drug-likeness (QED) is 0.496. The average molecular weight is 387 g/mol. The number of para-hydroxylation sites is 2. The van der Waals surface area contributed by atoms with E-state index in [1.165, 1.54) is 10.9 Å². The fraction of sp³-hybridized carbons (Fsp3) is 0.261. The fourth-order valence-electron chi connectivity index (χ4n) is 3.64. The van der Waals surface area contributed by atoms with Gasteiger partial charge >= 0.3 is 0 Å². The molecule has 0 aliphatic heterocycles. The summed E-state index contributed by atoms with van der Waals surface area (Å²) in [5.74, 6) is -0.0233. The van der Waals surface area contributed by atoms with Crippen molar-refractivity contribution in [1.29, 1.82) is 0 Å². The molecule has 2 aromatic carbocycles. The molecule has 4 aromatic rings. The summed E-state index contributed by atoms with van der Waals surface area (Å²) in [4.78, 5) is 15.5. The summed E-state index contributed by atoms with van der Waals surface area (Å²) in [6.07, 6.45) is 4.95. The third kappa shape index (κ3) is 4.37. The van der Waals surface area contributed by atoms with E-state index in [9.17, 15) is 4.79 Å². The van der Waals surface area contributed by atoms with Crippen molar-refractivity contribution >= 4 is 22.5 Å². The van der Waals surface area contributed by atoms with Crippen molar-refractivity contribution in [3.05, 3.63) is 78.2 Å². The van der Waals surface area contributed by atoms with Crippen LogP contribution in [-0.4, -0.2) is 25.9 Å². The molecular formula is C23H25N5O. The number of aromatic nitrogens is 4. The van der Waals surface area contributed by atoms with Crippen LogP contribution in [0.5, 0.6) is 0 Å². The molecule has 148 valence electrons. The molecule has 6 heteroatoms. The molecule has 0 bridgehead atoms. The van der Waals surface area contributed by atoms with E-state index in [0.717, 1.165) is 16.9 Å². The van der Waals surface area contributed by atoms with Crippen LogP contribution >= 0.6 is 0 Å². The SMILES string of the molecule is CC(C)(Cn1cc(CCC(=O)Nc2ccccc2)nn1)c1c[nH]c2ccccc12. The number of rotatable bonds is 7. The lowest BCUT2D eigenvalue weighted by atomic mass is 9.84. The molecule has 0 saturated heterocycles. The predicted molar refractivity (Wildman–Crippen MR) is 115 cm³/mol. The van der Waals surface area contributed by atoms with Gasteiger partial charge in [0.15, 0.2) is 0 Å². The van der Waals surface area contributed by atoms with Gasteiger partial charge in [-0.05, 0) is 23.8 Å². The Balaban J connectivity index is 1.38. The molecule has 0 unspecified atom stereocenters. The molecule has 29 heavy (non-hydrogen) atoms. The second-order valence-corrected chi connectivity index (χ2v) is 7.95. The first kappa shape index (κ1) is 18.9. The first-order chi connectivity index (χ1) is 14.0. The van der Waals surface area contributed by atoms with Gasteiger partial charge in [-0.25, -0.2) is 0 Å². The second kappa shape index (κ2) is 7.91. The summed E-state index contributed by atoms with van der Waals surface area (Å²) in [6, 6.07) is 17.8. The number of H-pyrrole nitrogens is 1. The zero-order valence-corrected chi connectivity index (χ0v) is 16.7. The average Bonchev–Trinajstić information content (AvgIpc) is 3.34. The van der Waals surface area contributed by atoms with Gasteiger partial charge in [-0.3, -0.25) is 9.48 Å². The van der Waals surface area contributed by atoms with Crippen molar-refractivity contribution < 1.29 is 4.79 Å². The standard InChI is InChI=1S/C23H25N5O/c1-23(2,20-14-24-21-11-7-6-10-19(20)21)16-28-15-18(26-27-28)12-13-22(29)25-17-8-4-3-5-9-17/h3-11,14-15,24H,12-13,16H2,1-2H3,(H,25,29). The lowest BCUT2D eigenvalue weighted by Gasteiger charge is -2.24. The zero-order chi connectivity index (χ0) is 20.3. The normalized spacial score (nSPS) is 11.7. The number of carbonyl (C=O) groups excluding carboxylic acids is 1. The van der Waals surface area contributed by atoms with Crippen molar-refractivity contribution in [3.8, 4) is 0 Å². The monoisotopic (exact) mass is 387 g/mol. The van der Waals surface area contributed by atoms with Gasteiger partial charge in [0.25, 0.3) is 0 Å². The minimum absolute atomic E-state index is 0.0233. The maximum Gasteiger partial charge on any atom is 0.224 e. The molecule has 0 aliphatic rings.